The number of hydrogen-bond donors (Lipinski definition) is 2. The summed E-state index contributed by atoms with van der Waals surface area (Å²) in [4.78, 5) is 10.3. The van der Waals surface area contributed by atoms with Gasteiger partial charge in [0, 0.05) is 6.07 Å². The molecule has 1 rings (SSSR count). The number of amides is 1. The van der Waals surface area contributed by atoms with E-state index >= 15 is 0 Å². The molecule has 0 saturated carbocycles. The molecule has 0 bridgehead atoms. The lowest BCUT2D eigenvalue weighted by Gasteiger charge is -2.13. The Labute approximate surface area is 101 Å². The fraction of sp³-hybridized carbons (Fsp3) is 0.300. The second-order valence-corrected chi connectivity index (χ2v) is 4.09. The van der Waals surface area contributed by atoms with Crippen molar-refractivity contribution in [2.75, 3.05) is 6.61 Å². The van der Waals surface area contributed by atoms with Crippen LogP contribution < -0.4 is 10.1 Å². The van der Waals surface area contributed by atoms with Crippen molar-refractivity contribution in [3.05, 3.63) is 28.5 Å². The van der Waals surface area contributed by atoms with E-state index in [9.17, 15) is 9.18 Å². The Morgan fingerprint density at radius 2 is 2.38 bits per heavy atom. The fourth-order valence-electron chi connectivity index (χ4n) is 1.06. The van der Waals surface area contributed by atoms with E-state index in [4.69, 9.17) is 9.84 Å². The number of halogens is 2. The minimum Gasteiger partial charge on any atom is -0.490 e. The molecule has 2 N–H and O–H groups in total. The Morgan fingerprint density at radius 3 is 3.00 bits per heavy atom. The lowest BCUT2D eigenvalue weighted by atomic mass is 10.3. The Kier molecular flexibility index (Phi) is 4.54. The van der Waals surface area contributed by atoms with Crippen molar-refractivity contribution in [3.63, 3.8) is 0 Å². The molecule has 0 aliphatic rings. The number of carbonyl (C=O) groups is 1. The fourth-order valence-corrected chi connectivity index (χ4v) is 1.42. The molecule has 1 atom stereocenters. The average Bonchev–Trinajstić information content (AvgIpc) is 2.18. The third kappa shape index (κ3) is 4.06. The molecule has 0 radical (unpaired) electrons. The minimum absolute atomic E-state index is 0.133. The number of rotatable bonds is 4. The standard InChI is InChI=1S/C10H11BrFNO3/c1-6(13-10(14)15)5-16-9-4-7(12)2-3-8(9)11/h2-4,6,13H,5H2,1H3,(H,14,15)/t6-/m0/s1. The smallest absolute Gasteiger partial charge is 0.404 e. The Hall–Kier alpha value is -1.30. The summed E-state index contributed by atoms with van der Waals surface area (Å²) in [5.74, 6) is -0.0592. The molecule has 16 heavy (non-hydrogen) atoms. The van der Waals surface area contributed by atoms with E-state index < -0.39 is 11.9 Å². The van der Waals surface area contributed by atoms with Crippen LogP contribution in [0.2, 0.25) is 0 Å². The van der Waals surface area contributed by atoms with E-state index in [1.807, 2.05) is 0 Å². The van der Waals surface area contributed by atoms with Crippen LogP contribution in [0.1, 0.15) is 6.92 Å². The molecule has 0 aliphatic carbocycles. The van der Waals surface area contributed by atoms with E-state index in [0.717, 1.165) is 0 Å². The largest absolute Gasteiger partial charge is 0.490 e. The zero-order chi connectivity index (χ0) is 12.1. The number of benzene rings is 1. The highest BCUT2D eigenvalue weighted by Crippen LogP contribution is 2.25. The van der Waals surface area contributed by atoms with Crippen LogP contribution in [0.4, 0.5) is 9.18 Å². The van der Waals surface area contributed by atoms with Crippen molar-refractivity contribution < 1.29 is 19.0 Å². The van der Waals surface area contributed by atoms with Gasteiger partial charge in [-0.2, -0.15) is 0 Å². The predicted molar refractivity (Wildman–Crippen MR) is 60.2 cm³/mol. The predicted octanol–water partition coefficient (Wildman–Crippen LogP) is 2.62. The quantitative estimate of drug-likeness (QED) is 0.897. The topological polar surface area (TPSA) is 58.6 Å². The highest BCUT2D eigenvalue weighted by atomic mass is 79.9. The van der Waals surface area contributed by atoms with Gasteiger partial charge in [0.25, 0.3) is 0 Å². The number of ether oxygens (including phenoxy) is 1. The molecule has 0 heterocycles. The summed E-state index contributed by atoms with van der Waals surface area (Å²) in [5, 5.41) is 10.7. The molecule has 0 spiro atoms. The summed E-state index contributed by atoms with van der Waals surface area (Å²) < 4.78 is 18.8. The lowest BCUT2D eigenvalue weighted by Crippen LogP contribution is -2.35. The monoisotopic (exact) mass is 291 g/mol. The molecule has 1 aromatic rings. The molecule has 4 nitrogen and oxygen atoms in total. The summed E-state index contributed by atoms with van der Waals surface area (Å²) in [7, 11) is 0. The third-order valence-corrected chi connectivity index (χ3v) is 2.41. The van der Waals surface area contributed by atoms with Gasteiger partial charge in [-0.05, 0) is 35.0 Å². The van der Waals surface area contributed by atoms with Gasteiger partial charge in [-0.3, -0.25) is 0 Å². The van der Waals surface area contributed by atoms with Gasteiger partial charge in [-0.15, -0.1) is 0 Å². The third-order valence-electron chi connectivity index (χ3n) is 1.75. The Bertz CT molecular complexity index is 386. The van der Waals surface area contributed by atoms with Crippen LogP contribution in [0.15, 0.2) is 22.7 Å². The summed E-state index contributed by atoms with van der Waals surface area (Å²) in [6.07, 6.45) is -1.12. The summed E-state index contributed by atoms with van der Waals surface area (Å²) in [6, 6.07) is 3.69. The number of hydrogen-bond acceptors (Lipinski definition) is 2. The van der Waals surface area contributed by atoms with Crippen LogP contribution in [0.3, 0.4) is 0 Å². The van der Waals surface area contributed by atoms with Gasteiger partial charge in [0.1, 0.15) is 18.2 Å². The van der Waals surface area contributed by atoms with Crippen molar-refractivity contribution in [3.8, 4) is 5.75 Å². The molecule has 0 aliphatic heterocycles. The van der Waals surface area contributed by atoms with Crippen molar-refractivity contribution in [2.24, 2.45) is 0 Å². The first-order valence-electron chi connectivity index (χ1n) is 4.56. The second kappa shape index (κ2) is 5.69. The van der Waals surface area contributed by atoms with Crippen molar-refractivity contribution in [1.82, 2.24) is 5.32 Å². The maximum atomic E-state index is 12.9. The molecule has 1 amide bonds. The van der Waals surface area contributed by atoms with Gasteiger partial charge >= 0.3 is 6.09 Å². The lowest BCUT2D eigenvalue weighted by molar-refractivity contribution is 0.183. The average molecular weight is 292 g/mol. The minimum atomic E-state index is -1.12. The summed E-state index contributed by atoms with van der Waals surface area (Å²) in [6.45, 7) is 1.79. The van der Waals surface area contributed by atoms with Crippen LogP contribution in [-0.4, -0.2) is 23.8 Å². The van der Waals surface area contributed by atoms with Crippen molar-refractivity contribution in [2.45, 2.75) is 13.0 Å². The number of carboxylic acid groups (broad SMARTS) is 1. The van der Waals surface area contributed by atoms with Crippen molar-refractivity contribution in [1.29, 1.82) is 0 Å². The van der Waals surface area contributed by atoms with Gasteiger partial charge in [0.05, 0.1) is 10.5 Å². The first-order valence-corrected chi connectivity index (χ1v) is 5.35. The summed E-state index contributed by atoms with van der Waals surface area (Å²) >= 11 is 3.20. The van der Waals surface area contributed by atoms with Gasteiger partial charge in [-0.1, -0.05) is 0 Å². The highest BCUT2D eigenvalue weighted by Gasteiger charge is 2.08. The molecule has 6 heteroatoms. The van der Waals surface area contributed by atoms with Gasteiger partial charge in [0.2, 0.25) is 0 Å². The van der Waals surface area contributed by atoms with Gasteiger partial charge < -0.3 is 15.2 Å². The van der Waals surface area contributed by atoms with Crippen LogP contribution >= 0.6 is 15.9 Å². The van der Waals surface area contributed by atoms with Crippen LogP contribution in [-0.2, 0) is 0 Å². The first kappa shape index (κ1) is 12.8. The van der Waals surface area contributed by atoms with Gasteiger partial charge in [0.15, 0.2) is 0 Å². The molecule has 0 aromatic heterocycles. The zero-order valence-corrected chi connectivity index (χ0v) is 10.1. The Balaban J connectivity index is 2.54. The van der Waals surface area contributed by atoms with Crippen LogP contribution in [0.25, 0.3) is 0 Å². The highest BCUT2D eigenvalue weighted by molar-refractivity contribution is 9.10. The van der Waals surface area contributed by atoms with E-state index in [1.54, 1.807) is 6.92 Å². The molecule has 0 saturated heterocycles. The van der Waals surface area contributed by atoms with E-state index in [1.165, 1.54) is 18.2 Å². The first-order chi connectivity index (χ1) is 7.49. The second-order valence-electron chi connectivity index (χ2n) is 3.24. The van der Waals surface area contributed by atoms with E-state index in [2.05, 4.69) is 21.2 Å². The normalized spacial score (nSPS) is 11.9. The molecular weight excluding hydrogens is 281 g/mol. The molecule has 0 fully saturated rings. The molecule has 0 unspecified atom stereocenters. The van der Waals surface area contributed by atoms with Crippen LogP contribution in [0, 0.1) is 5.82 Å². The molecule has 88 valence electrons. The SMILES string of the molecule is C[C@@H](COc1cc(F)ccc1Br)NC(=O)O. The summed E-state index contributed by atoms with van der Waals surface area (Å²) in [5.41, 5.74) is 0. The van der Waals surface area contributed by atoms with Gasteiger partial charge in [-0.25, -0.2) is 9.18 Å². The van der Waals surface area contributed by atoms with E-state index in [-0.39, 0.29) is 12.6 Å². The number of nitrogens with one attached hydrogen (secondary N) is 1. The Morgan fingerprint density at radius 1 is 1.69 bits per heavy atom. The van der Waals surface area contributed by atoms with E-state index in [0.29, 0.717) is 10.2 Å². The maximum Gasteiger partial charge on any atom is 0.404 e. The van der Waals surface area contributed by atoms with Crippen LogP contribution in [0.5, 0.6) is 5.75 Å². The van der Waals surface area contributed by atoms with Crippen molar-refractivity contribution >= 4 is 22.0 Å². The maximum absolute atomic E-state index is 12.9. The molecule has 1 aromatic carbocycles. The molecular formula is C10H11BrFNO3. The zero-order valence-electron chi connectivity index (χ0n) is 8.54.